The molecular formula is C20H24N2O6. The highest BCUT2D eigenvalue weighted by Gasteiger charge is 2.39. The minimum atomic E-state index is -0.675. The van der Waals surface area contributed by atoms with Gasteiger partial charge in [0.15, 0.2) is 0 Å². The van der Waals surface area contributed by atoms with E-state index in [0.29, 0.717) is 18.2 Å². The third kappa shape index (κ3) is 4.32. The lowest BCUT2D eigenvalue weighted by molar-refractivity contribution is -0.170. The number of carbonyl (C=O) groups excluding carboxylic acids is 4. The smallest absolute Gasteiger partial charge is 0.410 e. The van der Waals surface area contributed by atoms with Crippen LogP contribution in [-0.2, 0) is 14.4 Å². The molecule has 0 unspecified atom stereocenters. The molecule has 8 heteroatoms. The summed E-state index contributed by atoms with van der Waals surface area (Å²) in [6.45, 7) is 6.33. The Kier molecular flexibility index (Phi) is 5.40. The highest BCUT2D eigenvalue weighted by atomic mass is 16.7. The minimum absolute atomic E-state index is 0.00665. The number of piperidine rings is 1. The van der Waals surface area contributed by atoms with Crippen LogP contribution in [0.4, 0.5) is 4.79 Å². The maximum absolute atomic E-state index is 12.3. The lowest BCUT2D eigenvalue weighted by Crippen LogP contribution is -2.43. The van der Waals surface area contributed by atoms with Crippen molar-refractivity contribution in [1.82, 2.24) is 9.96 Å². The Morgan fingerprint density at radius 3 is 2.29 bits per heavy atom. The summed E-state index contributed by atoms with van der Waals surface area (Å²) >= 11 is 0. The third-order valence-corrected chi connectivity index (χ3v) is 4.58. The quantitative estimate of drug-likeness (QED) is 0.739. The highest BCUT2D eigenvalue weighted by molar-refractivity contribution is 6.20. The Morgan fingerprint density at radius 1 is 1.11 bits per heavy atom. The molecule has 1 atom stereocenters. The lowest BCUT2D eigenvalue weighted by Gasteiger charge is -2.33. The van der Waals surface area contributed by atoms with Gasteiger partial charge in [-0.15, -0.1) is 0 Å². The molecule has 0 radical (unpaired) electrons. The zero-order valence-corrected chi connectivity index (χ0v) is 16.3. The van der Waals surface area contributed by atoms with Crippen LogP contribution in [-0.4, -0.2) is 52.5 Å². The molecule has 0 spiro atoms. The first-order valence-corrected chi connectivity index (χ1v) is 9.32. The predicted octanol–water partition coefficient (Wildman–Crippen LogP) is 2.78. The summed E-state index contributed by atoms with van der Waals surface area (Å²) in [6.07, 6.45) is 1.08. The van der Waals surface area contributed by atoms with Crippen LogP contribution >= 0.6 is 0 Å². The molecule has 0 aromatic heterocycles. The standard InChI is InChI=1S/C20H24N2O6/c1-20(2,3)27-19(26)21-10-6-7-13(12-21)11-16(23)28-22-17(24)14-8-4-5-9-15(14)18(22)25/h4-5,8-9,13H,6-7,10-12H2,1-3H3/t13-/m0/s1. The fourth-order valence-corrected chi connectivity index (χ4v) is 3.35. The van der Waals surface area contributed by atoms with Gasteiger partial charge in [-0.3, -0.25) is 9.59 Å². The first-order valence-electron chi connectivity index (χ1n) is 9.32. The lowest BCUT2D eigenvalue weighted by atomic mass is 9.95. The molecule has 3 amide bonds. The highest BCUT2D eigenvalue weighted by Crippen LogP contribution is 2.25. The summed E-state index contributed by atoms with van der Waals surface area (Å²) in [6, 6.07) is 6.32. The normalized spacial score (nSPS) is 19.5. The second-order valence-corrected chi connectivity index (χ2v) is 8.05. The first kappa shape index (κ1) is 19.9. The number of amides is 3. The number of hydrogen-bond acceptors (Lipinski definition) is 6. The molecule has 1 aromatic rings. The molecule has 1 fully saturated rings. The zero-order chi connectivity index (χ0) is 20.5. The van der Waals surface area contributed by atoms with Gasteiger partial charge in [0.2, 0.25) is 0 Å². The van der Waals surface area contributed by atoms with Crippen LogP contribution in [0.3, 0.4) is 0 Å². The van der Waals surface area contributed by atoms with Gasteiger partial charge in [0.1, 0.15) is 5.60 Å². The van der Waals surface area contributed by atoms with Gasteiger partial charge in [-0.05, 0) is 51.7 Å². The van der Waals surface area contributed by atoms with Gasteiger partial charge in [0, 0.05) is 13.1 Å². The monoisotopic (exact) mass is 388 g/mol. The van der Waals surface area contributed by atoms with Gasteiger partial charge in [-0.25, -0.2) is 9.59 Å². The van der Waals surface area contributed by atoms with Crippen molar-refractivity contribution in [1.29, 1.82) is 0 Å². The Bertz CT molecular complexity index is 778. The van der Waals surface area contributed by atoms with Crippen LogP contribution < -0.4 is 0 Å². The van der Waals surface area contributed by atoms with Crippen LogP contribution in [0.5, 0.6) is 0 Å². The van der Waals surface area contributed by atoms with Gasteiger partial charge in [0.25, 0.3) is 11.8 Å². The molecule has 1 saturated heterocycles. The van der Waals surface area contributed by atoms with Crippen molar-refractivity contribution < 1.29 is 28.8 Å². The average molecular weight is 388 g/mol. The molecule has 2 aliphatic heterocycles. The predicted molar refractivity (Wildman–Crippen MR) is 98.2 cm³/mol. The first-order chi connectivity index (χ1) is 13.2. The number of ether oxygens (including phenoxy) is 1. The average Bonchev–Trinajstić information content (AvgIpc) is 2.86. The van der Waals surface area contributed by atoms with Crippen molar-refractivity contribution in [3.05, 3.63) is 35.4 Å². The maximum atomic E-state index is 12.3. The largest absolute Gasteiger partial charge is 0.444 e. The van der Waals surface area contributed by atoms with Gasteiger partial charge < -0.3 is 14.5 Å². The maximum Gasteiger partial charge on any atom is 0.410 e. The molecule has 0 bridgehead atoms. The molecular weight excluding hydrogens is 364 g/mol. The Labute approximate surface area is 163 Å². The van der Waals surface area contributed by atoms with Crippen LogP contribution in [0, 0.1) is 5.92 Å². The molecule has 0 aliphatic carbocycles. The van der Waals surface area contributed by atoms with Gasteiger partial charge in [-0.1, -0.05) is 17.2 Å². The fourth-order valence-electron chi connectivity index (χ4n) is 3.35. The van der Waals surface area contributed by atoms with E-state index in [-0.39, 0.29) is 23.5 Å². The number of hydroxylamine groups is 2. The Hall–Kier alpha value is -2.90. The number of imide groups is 1. The molecule has 0 saturated carbocycles. The number of likely N-dealkylation sites (tertiary alicyclic amines) is 1. The number of carbonyl (C=O) groups is 4. The summed E-state index contributed by atoms with van der Waals surface area (Å²) in [5.74, 6) is -2.09. The summed E-state index contributed by atoms with van der Waals surface area (Å²) in [5.41, 5.74) is -0.155. The molecule has 28 heavy (non-hydrogen) atoms. The topological polar surface area (TPSA) is 93.2 Å². The SMILES string of the molecule is CC(C)(C)OC(=O)N1CCC[C@@H](CC(=O)ON2C(=O)c3ccccc3C2=O)C1. The summed E-state index contributed by atoms with van der Waals surface area (Å²) in [7, 11) is 0. The molecule has 150 valence electrons. The molecule has 1 aromatic carbocycles. The van der Waals surface area contributed by atoms with Crippen molar-refractivity contribution in [2.45, 2.75) is 45.6 Å². The van der Waals surface area contributed by atoms with Crippen molar-refractivity contribution in [2.75, 3.05) is 13.1 Å². The minimum Gasteiger partial charge on any atom is -0.444 e. The second-order valence-electron chi connectivity index (χ2n) is 8.05. The van der Waals surface area contributed by atoms with Crippen LogP contribution in [0.2, 0.25) is 0 Å². The van der Waals surface area contributed by atoms with E-state index in [9.17, 15) is 19.2 Å². The van der Waals surface area contributed by atoms with Crippen molar-refractivity contribution in [2.24, 2.45) is 5.92 Å². The molecule has 8 nitrogen and oxygen atoms in total. The second kappa shape index (κ2) is 7.61. The number of hydrogen-bond donors (Lipinski definition) is 0. The Morgan fingerprint density at radius 2 is 1.71 bits per heavy atom. The number of fused-ring (bicyclic) bond motifs is 1. The van der Waals surface area contributed by atoms with E-state index in [1.807, 2.05) is 0 Å². The molecule has 0 N–H and O–H groups in total. The fraction of sp³-hybridized carbons (Fsp3) is 0.500. The molecule has 3 rings (SSSR count). The van der Waals surface area contributed by atoms with Crippen LogP contribution in [0.1, 0.15) is 60.7 Å². The van der Waals surface area contributed by atoms with E-state index in [4.69, 9.17) is 9.57 Å². The van der Waals surface area contributed by atoms with E-state index >= 15 is 0 Å². The van der Waals surface area contributed by atoms with E-state index in [1.165, 1.54) is 12.1 Å². The van der Waals surface area contributed by atoms with Crippen molar-refractivity contribution in [3.8, 4) is 0 Å². The third-order valence-electron chi connectivity index (χ3n) is 4.58. The zero-order valence-electron chi connectivity index (χ0n) is 16.3. The van der Waals surface area contributed by atoms with E-state index in [0.717, 1.165) is 12.8 Å². The van der Waals surface area contributed by atoms with Crippen molar-refractivity contribution >= 4 is 23.9 Å². The van der Waals surface area contributed by atoms with E-state index in [2.05, 4.69) is 0 Å². The number of rotatable bonds is 3. The number of nitrogens with zero attached hydrogens (tertiary/aromatic N) is 2. The number of benzene rings is 1. The molecule has 2 heterocycles. The summed E-state index contributed by atoms with van der Waals surface area (Å²) in [4.78, 5) is 55.7. The Balaban J connectivity index is 1.56. The van der Waals surface area contributed by atoms with Crippen LogP contribution in [0.25, 0.3) is 0 Å². The van der Waals surface area contributed by atoms with Crippen molar-refractivity contribution in [3.63, 3.8) is 0 Å². The summed E-state index contributed by atoms with van der Waals surface area (Å²) in [5, 5.41) is 0.515. The van der Waals surface area contributed by atoms with Gasteiger partial charge in [-0.2, -0.15) is 0 Å². The van der Waals surface area contributed by atoms with E-state index < -0.39 is 29.5 Å². The summed E-state index contributed by atoms with van der Waals surface area (Å²) < 4.78 is 5.38. The molecule has 2 aliphatic rings. The van der Waals surface area contributed by atoms with Gasteiger partial charge in [0.05, 0.1) is 17.5 Å². The van der Waals surface area contributed by atoms with Crippen LogP contribution in [0.15, 0.2) is 24.3 Å². The van der Waals surface area contributed by atoms with E-state index in [1.54, 1.807) is 37.8 Å². The van der Waals surface area contributed by atoms with Gasteiger partial charge >= 0.3 is 12.1 Å².